The summed E-state index contributed by atoms with van der Waals surface area (Å²) < 4.78 is 14.5. The van der Waals surface area contributed by atoms with Gasteiger partial charge in [0.25, 0.3) is 0 Å². The molecule has 0 aromatic heterocycles. The van der Waals surface area contributed by atoms with E-state index in [9.17, 15) is 9.50 Å². The molecule has 1 N–H and O–H groups in total. The summed E-state index contributed by atoms with van der Waals surface area (Å²) in [6.07, 6.45) is 0. The number of aliphatic hydroxyl groups is 1. The zero-order chi connectivity index (χ0) is 13.0. The Kier molecular flexibility index (Phi) is 5.40. The number of anilines is 1. The van der Waals surface area contributed by atoms with Gasteiger partial charge in [-0.05, 0) is 24.1 Å². The first-order valence-electron chi connectivity index (χ1n) is 5.72. The van der Waals surface area contributed by atoms with Crippen LogP contribution < -0.4 is 4.90 Å². The third kappa shape index (κ3) is 3.96. The molecule has 1 aromatic carbocycles. The Bertz CT molecular complexity index is 370. The van der Waals surface area contributed by atoms with Gasteiger partial charge in [-0.2, -0.15) is 0 Å². The number of rotatable bonds is 5. The topological polar surface area (TPSA) is 23.5 Å². The SMILES string of the molecule is CC(C)C(CO)CN(C)c1cc(Br)ccc1F. The minimum Gasteiger partial charge on any atom is -0.396 e. The van der Waals surface area contributed by atoms with Crippen molar-refractivity contribution in [2.45, 2.75) is 13.8 Å². The van der Waals surface area contributed by atoms with E-state index in [1.807, 2.05) is 11.9 Å². The van der Waals surface area contributed by atoms with Gasteiger partial charge in [0, 0.05) is 30.6 Å². The number of benzene rings is 1. The monoisotopic (exact) mass is 303 g/mol. The first-order valence-corrected chi connectivity index (χ1v) is 6.52. The molecule has 4 heteroatoms. The molecular formula is C13H19BrFNO. The number of nitrogens with zero attached hydrogens (tertiary/aromatic N) is 1. The Hall–Kier alpha value is -0.610. The highest BCUT2D eigenvalue weighted by molar-refractivity contribution is 9.10. The maximum atomic E-state index is 13.7. The molecule has 2 nitrogen and oxygen atoms in total. The molecule has 0 radical (unpaired) electrons. The quantitative estimate of drug-likeness (QED) is 0.902. The first-order chi connectivity index (χ1) is 7.95. The first kappa shape index (κ1) is 14.5. The van der Waals surface area contributed by atoms with Crippen LogP contribution in [0.1, 0.15) is 13.8 Å². The molecule has 0 spiro atoms. The van der Waals surface area contributed by atoms with Gasteiger partial charge in [0.15, 0.2) is 0 Å². The largest absolute Gasteiger partial charge is 0.396 e. The lowest BCUT2D eigenvalue weighted by Gasteiger charge is -2.27. The van der Waals surface area contributed by atoms with Gasteiger partial charge in [-0.15, -0.1) is 0 Å². The van der Waals surface area contributed by atoms with E-state index in [0.717, 1.165) is 4.47 Å². The van der Waals surface area contributed by atoms with Crippen LogP contribution in [0, 0.1) is 17.7 Å². The van der Waals surface area contributed by atoms with E-state index in [4.69, 9.17) is 0 Å². The fourth-order valence-electron chi connectivity index (χ4n) is 1.71. The van der Waals surface area contributed by atoms with Crippen molar-refractivity contribution < 1.29 is 9.50 Å². The lowest BCUT2D eigenvalue weighted by atomic mass is 9.96. The molecule has 96 valence electrons. The van der Waals surface area contributed by atoms with Crippen molar-refractivity contribution in [2.75, 3.05) is 25.1 Å². The van der Waals surface area contributed by atoms with E-state index in [1.165, 1.54) is 6.07 Å². The summed E-state index contributed by atoms with van der Waals surface area (Å²) in [6, 6.07) is 4.88. The fraction of sp³-hybridized carbons (Fsp3) is 0.538. The van der Waals surface area contributed by atoms with Crippen molar-refractivity contribution >= 4 is 21.6 Å². The summed E-state index contributed by atoms with van der Waals surface area (Å²) in [4.78, 5) is 1.85. The van der Waals surface area contributed by atoms with Gasteiger partial charge in [-0.1, -0.05) is 29.8 Å². The molecular weight excluding hydrogens is 285 g/mol. The summed E-state index contributed by atoms with van der Waals surface area (Å²) in [6.45, 7) is 4.89. The van der Waals surface area contributed by atoms with E-state index in [-0.39, 0.29) is 18.3 Å². The van der Waals surface area contributed by atoms with Crippen molar-refractivity contribution in [3.8, 4) is 0 Å². The summed E-state index contributed by atoms with van der Waals surface area (Å²) >= 11 is 3.33. The zero-order valence-corrected chi connectivity index (χ0v) is 12.0. The maximum Gasteiger partial charge on any atom is 0.146 e. The van der Waals surface area contributed by atoms with Crippen molar-refractivity contribution in [2.24, 2.45) is 11.8 Å². The Morgan fingerprint density at radius 3 is 2.59 bits per heavy atom. The highest BCUT2D eigenvalue weighted by Gasteiger charge is 2.17. The minimum atomic E-state index is -0.240. The fourth-order valence-corrected chi connectivity index (χ4v) is 2.06. The maximum absolute atomic E-state index is 13.7. The van der Waals surface area contributed by atoms with Gasteiger partial charge >= 0.3 is 0 Å². The van der Waals surface area contributed by atoms with Crippen LogP contribution >= 0.6 is 15.9 Å². The van der Waals surface area contributed by atoms with E-state index < -0.39 is 0 Å². The van der Waals surface area contributed by atoms with Crippen molar-refractivity contribution in [1.29, 1.82) is 0 Å². The molecule has 0 heterocycles. The lowest BCUT2D eigenvalue weighted by Crippen LogP contribution is -2.31. The number of hydrogen-bond donors (Lipinski definition) is 1. The molecule has 0 amide bonds. The second kappa shape index (κ2) is 6.36. The Balaban J connectivity index is 2.81. The molecule has 1 atom stereocenters. The van der Waals surface area contributed by atoms with E-state index >= 15 is 0 Å². The molecule has 0 saturated carbocycles. The van der Waals surface area contributed by atoms with Gasteiger partial charge < -0.3 is 10.0 Å². The third-order valence-electron chi connectivity index (χ3n) is 3.01. The summed E-state index contributed by atoms with van der Waals surface area (Å²) in [7, 11) is 1.84. The highest BCUT2D eigenvalue weighted by Crippen LogP contribution is 2.24. The molecule has 0 fully saturated rings. The lowest BCUT2D eigenvalue weighted by molar-refractivity contribution is 0.193. The number of hydrogen-bond acceptors (Lipinski definition) is 2. The van der Waals surface area contributed by atoms with Gasteiger partial charge in [0.2, 0.25) is 0 Å². The van der Waals surface area contributed by atoms with E-state index in [1.54, 1.807) is 12.1 Å². The van der Waals surface area contributed by atoms with E-state index in [0.29, 0.717) is 18.2 Å². The average molecular weight is 304 g/mol. The minimum absolute atomic E-state index is 0.123. The summed E-state index contributed by atoms with van der Waals surface area (Å²) in [5.74, 6) is 0.284. The predicted molar refractivity (Wildman–Crippen MR) is 72.8 cm³/mol. The summed E-state index contributed by atoms with van der Waals surface area (Å²) in [5.41, 5.74) is 0.554. The molecule has 0 bridgehead atoms. The van der Waals surface area contributed by atoms with Crippen LogP contribution in [0.5, 0.6) is 0 Å². The van der Waals surface area contributed by atoms with Crippen molar-refractivity contribution in [3.63, 3.8) is 0 Å². The van der Waals surface area contributed by atoms with Crippen molar-refractivity contribution in [3.05, 3.63) is 28.5 Å². The standard InChI is InChI=1S/C13H19BrFNO/c1-9(2)10(8-17)7-16(3)13-6-11(14)4-5-12(13)15/h4-6,9-10,17H,7-8H2,1-3H3. The molecule has 0 aliphatic carbocycles. The molecule has 0 aliphatic rings. The Labute approximate surface area is 111 Å². The molecule has 1 unspecified atom stereocenters. The Morgan fingerprint density at radius 1 is 1.41 bits per heavy atom. The highest BCUT2D eigenvalue weighted by atomic mass is 79.9. The van der Waals surface area contributed by atoms with Crippen LogP contribution in [0.15, 0.2) is 22.7 Å². The van der Waals surface area contributed by atoms with Crippen LogP contribution in [0.3, 0.4) is 0 Å². The second-order valence-corrected chi connectivity index (χ2v) is 5.58. The second-order valence-electron chi connectivity index (χ2n) is 4.66. The molecule has 1 aromatic rings. The van der Waals surface area contributed by atoms with Crippen LogP contribution in [0.4, 0.5) is 10.1 Å². The van der Waals surface area contributed by atoms with Gasteiger partial charge in [-0.25, -0.2) is 4.39 Å². The molecule has 1 rings (SSSR count). The Morgan fingerprint density at radius 2 is 2.06 bits per heavy atom. The van der Waals surface area contributed by atoms with Crippen molar-refractivity contribution in [1.82, 2.24) is 0 Å². The van der Waals surface area contributed by atoms with Crippen LogP contribution in [-0.2, 0) is 0 Å². The van der Waals surface area contributed by atoms with Gasteiger partial charge in [0.1, 0.15) is 5.82 Å². The molecule has 0 aliphatic heterocycles. The van der Waals surface area contributed by atoms with Gasteiger partial charge in [-0.3, -0.25) is 0 Å². The summed E-state index contributed by atoms with van der Waals surface area (Å²) in [5, 5.41) is 9.29. The zero-order valence-electron chi connectivity index (χ0n) is 10.5. The van der Waals surface area contributed by atoms with Crippen LogP contribution in [0.2, 0.25) is 0 Å². The number of halogens is 2. The number of aliphatic hydroxyl groups excluding tert-OH is 1. The smallest absolute Gasteiger partial charge is 0.146 e. The third-order valence-corrected chi connectivity index (χ3v) is 3.50. The van der Waals surface area contributed by atoms with Gasteiger partial charge in [0.05, 0.1) is 5.69 Å². The predicted octanol–water partition coefficient (Wildman–Crippen LogP) is 3.29. The normalized spacial score (nSPS) is 12.9. The van der Waals surface area contributed by atoms with Crippen LogP contribution in [-0.4, -0.2) is 25.3 Å². The average Bonchev–Trinajstić information content (AvgIpc) is 2.28. The van der Waals surface area contributed by atoms with Crippen LogP contribution in [0.25, 0.3) is 0 Å². The van der Waals surface area contributed by atoms with E-state index in [2.05, 4.69) is 29.8 Å². The molecule has 0 saturated heterocycles. The molecule has 17 heavy (non-hydrogen) atoms.